The molecule has 9 nitrogen and oxygen atoms in total. The SMILES string of the molecule is C=CCOC1C[C@H](n2cc(C#CCNC(=O)C(F)(F)F)c3c(N)ncnc32)O[C@@H]1CO. The Bertz CT molecular complexity index is 1030. The Morgan fingerprint density at radius 1 is 1.52 bits per heavy atom. The summed E-state index contributed by atoms with van der Waals surface area (Å²) in [6.45, 7) is 3.13. The van der Waals surface area contributed by atoms with Crippen molar-refractivity contribution < 1.29 is 32.5 Å². The molecule has 0 bridgehead atoms. The minimum absolute atomic E-state index is 0.128. The lowest BCUT2D eigenvalue weighted by Crippen LogP contribution is -2.36. The average Bonchev–Trinajstić information content (AvgIpc) is 3.30. The molecule has 0 radical (unpaired) electrons. The van der Waals surface area contributed by atoms with E-state index in [0.717, 1.165) is 0 Å². The maximum atomic E-state index is 12.3. The zero-order chi connectivity index (χ0) is 22.6. The molecule has 1 aliphatic rings. The van der Waals surface area contributed by atoms with Crippen LogP contribution in [-0.2, 0) is 14.3 Å². The van der Waals surface area contributed by atoms with Crippen LogP contribution in [0.25, 0.3) is 11.0 Å². The van der Waals surface area contributed by atoms with E-state index in [1.165, 1.54) is 6.33 Å². The Hall–Kier alpha value is -3.14. The molecule has 2 aromatic rings. The van der Waals surface area contributed by atoms with Crippen LogP contribution in [-0.4, -0.2) is 63.7 Å². The maximum Gasteiger partial charge on any atom is 0.471 e. The molecule has 3 atom stereocenters. The summed E-state index contributed by atoms with van der Waals surface area (Å²) < 4.78 is 50.0. The number of nitrogens with one attached hydrogen (secondary N) is 1. The van der Waals surface area contributed by atoms with Crippen LogP contribution in [0.4, 0.5) is 19.0 Å². The van der Waals surface area contributed by atoms with E-state index in [1.54, 1.807) is 22.2 Å². The first kappa shape index (κ1) is 22.5. The van der Waals surface area contributed by atoms with E-state index in [2.05, 4.69) is 28.4 Å². The first-order valence-corrected chi connectivity index (χ1v) is 9.20. The van der Waals surface area contributed by atoms with E-state index in [0.29, 0.717) is 29.6 Å². The van der Waals surface area contributed by atoms with Crippen LogP contribution in [0.2, 0.25) is 0 Å². The summed E-state index contributed by atoms with van der Waals surface area (Å²) in [5.41, 5.74) is 6.72. The highest BCUT2D eigenvalue weighted by Gasteiger charge is 2.38. The molecule has 1 fully saturated rings. The van der Waals surface area contributed by atoms with E-state index in [4.69, 9.17) is 15.2 Å². The van der Waals surface area contributed by atoms with Crippen LogP contribution in [0.15, 0.2) is 25.2 Å². The van der Waals surface area contributed by atoms with Crippen molar-refractivity contribution in [2.24, 2.45) is 0 Å². The van der Waals surface area contributed by atoms with Gasteiger partial charge in [0.05, 0.1) is 36.8 Å². The predicted octanol–water partition coefficient (Wildman–Crippen LogP) is 0.895. The number of amides is 1. The van der Waals surface area contributed by atoms with E-state index in [-0.39, 0.29) is 18.5 Å². The highest BCUT2D eigenvalue weighted by Crippen LogP contribution is 2.35. The van der Waals surface area contributed by atoms with Gasteiger partial charge < -0.3 is 30.2 Å². The van der Waals surface area contributed by atoms with Crippen LogP contribution in [0.5, 0.6) is 0 Å². The number of nitrogens with two attached hydrogens (primary N) is 1. The number of hydrogen-bond donors (Lipinski definition) is 3. The molecule has 0 saturated carbocycles. The molecular formula is C19H20F3N5O4. The van der Waals surface area contributed by atoms with Gasteiger partial charge in [-0.05, 0) is 0 Å². The number of hydrogen-bond acceptors (Lipinski definition) is 7. The van der Waals surface area contributed by atoms with Crippen molar-refractivity contribution in [3.8, 4) is 11.8 Å². The standard InChI is InChI=1S/C19H20F3N5O4/c1-2-6-30-12-7-14(31-13(12)9-28)27-8-11(15-16(23)25-10-26-17(15)27)4-3-5-24-18(29)19(20,21)22/h2,8,10,12-14,28H,1,5-7,9H2,(H,24,29)(H2,23,25,26)/t12?,13-,14-/m1/s1. The van der Waals surface area contributed by atoms with Crippen LogP contribution >= 0.6 is 0 Å². The molecule has 1 saturated heterocycles. The highest BCUT2D eigenvalue weighted by atomic mass is 19.4. The summed E-state index contributed by atoms with van der Waals surface area (Å²) in [6.07, 6.45) is -1.63. The topological polar surface area (TPSA) is 125 Å². The number of nitrogen functional groups attached to an aromatic ring is 1. The van der Waals surface area contributed by atoms with Gasteiger partial charge in [0.15, 0.2) is 0 Å². The summed E-state index contributed by atoms with van der Waals surface area (Å²) in [5.74, 6) is 3.20. The zero-order valence-electron chi connectivity index (χ0n) is 16.2. The van der Waals surface area contributed by atoms with Gasteiger partial charge in [-0.2, -0.15) is 13.2 Å². The molecule has 3 heterocycles. The lowest BCUT2D eigenvalue weighted by molar-refractivity contribution is -0.173. The molecule has 1 unspecified atom stereocenters. The molecule has 4 N–H and O–H groups in total. The van der Waals surface area contributed by atoms with E-state index >= 15 is 0 Å². The lowest BCUT2D eigenvalue weighted by Gasteiger charge is -2.15. The summed E-state index contributed by atoms with van der Waals surface area (Å²) in [4.78, 5) is 19.0. The number of aliphatic hydroxyl groups excluding tert-OH is 1. The first-order chi connectivity index (χ1) is 14.8. The molecule has 0 spiro atoms. The Labute approximate surface area is 175 Å². The van der Waals surface area contributed by atoms with Gasteiger partial charge in [0.25, 0.3) is 0 Å². The maximum absolute atomic E-state index is 12.3. The minimum atomic E-state index is -4.98. The van der Waals surface area contributed by atoms with E-state index in [1.807, 2.05) is 0 Å². The molecule has 12 heteroatoms. The normalized spacial score (nSPS) is 21.0. The number of fused-ring (bicyclic) bond motifs is 1. The number of carbonyl (C=O) groups is 1. The number of alkyl halides is 3. The smallest absolute Gasteiger partial charge is 0.394 e. The molecule has 31 heavy (non-hydrogen) atoms. The highest BCUT2D eigenvalue weighted by molar-refractivity contribution is 5.92. The van der Waals surface area contributed by atoms with Crippen molar-refractivity contribution in [3.63, 3.8) is 0 Å². The average molecular weight is 439 g/mol. The second-order valence-corrected chi connectivity index (χ2v) is 6.60. The first-order valence-electron chi connectivity index (χ1n) is 9.20. The number of halogens is 3. The Balaban J connectivity index is 1.86. The van der Waals surface area contributed by atoms with Gasteiger partial charge in [0.1, 0.15) is 30.1 Å². The van der Waals surface area contributed by atoms with Crippen molar-refractivity contribution in [2.75, 3.05) is 25.5 Å². The fourth-order valence-electron chi connectivity index (χ4n) is 3.19. The number of anilines is 1. The van der Waals surface area contributed by atoms with Crippen molar-refractivity contribution >= 4 is 22.8 Å². The second-order valence-electron chi connectivity index (χ2n) is 6.60. The predicted molar refractivity (Wildman–Crippen MR) is 103 cm³/mol. The second kappa shape index (κ2) is 9.34. The van der Waals surface area contributed by atoms with Gasteiger partial charge in [-0.15, -0.1) is 6.58 Å². The third-order valence-corrected chi connectivity index (χ3v) is 4.56. The van der Waals surface area contributed by atoms with Crippen molar-refractivity contribution in [2.45, 2.75) is 31.0 Å². The van der Waals surface area contributed by atoms with Crippen molar-refractivity contribution in [1.82, 2.24) is 19.9 Å². The van der Waals surface area contributed by atoms with Crippen molar-refractivity contribution in [3.05, 3.63) is 30.7 Å². The number of nitrogens with zero attached hydrogens (tertiary/aromatic N) is 3. The number of aromatic nitrogens is 3. The molecule has 1 amide bonds. The molecule has 2 aromatic heterocycles. The van der Waals surface area contributed by atoms with Gasteiger partial charge in [0, 0.05) is 12.6 Å². The van der Waals surface area contributed by atoms with Crippen LogP contribution < -0.4 is 11.1 Å². The molecular weight excluding hydrogens is 419 g/mol. The number of aliphatic hydroxyl groups is 1. The fraction of sp³-hybridized carbons (Fsp3) is 0.421. The zero-order valence-corrected chi connectivity index (χ0v) is 16.2. The summed E-state index contributed by atoms with van der Waals surface area (Å²) in [5, 5.41) is 11.7. The minimum Gasteiger partial charge on any atom is -0.394 e. The van der Waals surface area contributed by atoms with Gasteiger partial charge in [-0.3, -0.25) is 4.79 Å². The third kappa shape index (κ3) is 4.96. The molecule has 1 aliphatic heterocycles. The Morgan fingerprint density at radius 2 is 2.29 bits per heavy atom. The Morgan fingerprint density at radius 3 is 2.97 bits per heavy atom. The quantitative estimate of drug-likeness (QED) is 0.451. The summed E-state index contributed by atoms with van der Waals surface area (Å²) >= 11 is 0. The fourth-order valence-corrected chi connectivity index (χ4v) is 3.19. The molecule has 0 aliphatic carbocycles. The summed E-state index contributed by atoms with van der Waals surface area (Å²) in [7, 11) is 0. The van der Waals surface area contributed by atoms with Gasteiger partial charge >= 0.3 is 12.1 Å². The van der Waals surface area contributed by atoms with Crippen LogP contribution in [0.1, 0.15) is 18.2 Å². The molecule has 3 rings (SSSR count). The van der Waals surface area contributed by atoms with Crippen LogP contribution in [0, 0.1) is 11.8 Å². The third-order valence-electron chi connectivity index (χ3n) is 4.56. The van der Waals surface area contributed by atoms with E-state index in [9.17, 15) is 23.1 Å². The van der Waals surface area contributed by atoms with Crippen LogP contribution in [0.3, 0.4) is 0 Å². The van der Waals surface area contributed by atoms with Gasteiger partial charge in [-0.25, -0.2) is 9.97 Å². The number of carbonyl (C=O) groups excluding carboxylic acids is 1. The van der Waals surface area contributed by atoms with Gasteiger partial charge in [0.2, 0.25) is 0 Å². The van der Waals surface area contributed by atoms with Gasteiger partial charge in [-0.1, -0.05) is 17.9 Å². The Kier molecular flexibility index (Phi) is 6.79. The largest absolute Gasteiger partial charge is 0.471 e. The number of ether oxygens (including phenoxy) is 2. The van der Waals surface area contributed by atoms with Crippen molar-refractivity contribution in [1.29, 1.82) is 0 Å². The number of rotatable bonds is 6. The molecule has 0 aromatic carbocycles. The monoisotopic (exact) mass is 439 g/mol. The lowest BCUT2D eigenvalue weighted by atomic mass is 10.2. The molecule has 166 valence electrons. The summed E-state index contributed by atoms with van der Waals surface area (Å²) in [6, 6.07) is 0. The van der Waals surface area contributed by atoms with E-state index < -0.39 is 31.0 Å².